The molecule has 0 heterocycles. The van der Waals surface area contributed by atoms with Crippen LogP contribution in [-0.2, 0) is 24.5 Å². The van der Waals surface area contributed by atoms with E-state index in [0.29, 0.717) is 6.04 Å². The summed E-state index contributed by atoms with van der Waals surface area (Å²) in [6.07, 6.45) is 0. The van der Waals surface area contributed by atoms with E-state index in [2.05, 4.69) is 13.2 Å². The Hall–Kier alpha value is -2.14. The van der Waals surface area contributed by atoms with Crippen LogP contribution in [0, 0.1) is 0 Å². The van der Waals surface area contributed by atoms with Crippen molar-refractivity contribution in [2.75, 3.05) is 0 Å². The topological polar surface area (TPSA) is 52.6 Å². The van der Waals surface area contributed by atoms with Gasteiger partial charge in [-0.25, -0.2) is 9.59 Å². The van der Waals surface area contributed by atoms with Crippen molar-refractivity contribution in [1.82, 2.24) is 0 Å². The van der Waals surface area contributed by atoms with Gasteiger partial charge in [0.1, 0.15) is 0 Å². The first-order valence-electron chi connectivity index (χ1n) is 7.80. The highest BCUT2D eigenvalue weighted by Crippen LogP contribution is 2.41. The summed E-state index contributed by atoms with van der Waals surface area (Å²) in [5, 5.41) is -0.529. The van der Waals surface area contributed by atoms with Crippen LogP contribution in [0.4, 0.5) is 0 Å². The summed E-state index contributed by atoms with van der Waals surface area (Å²) >= 11 is 0. The lowest BCUT2D eigenvalue weighted by Gasteiger charge is -2.39. The van der Waals surface area contributed by atoms with Crippen LogP contribution in [0.1, 0.15) is 40.2 Å². The van der Waals surface area contributed by atoms with Crippen LogP contribution >= 0.6 is 0 Å². The third-order valence-corrected chi connectivity index (χ3v) is 7.82. The molecule has 24 heavy (non-hydrogen) atoms. The summed E-state index contributed by atoms with van der Waals surface area (Å²) in [6.45, 7) is 16.2. The lowest BCUT2D eigenvalue weighted by atomic mass is 10.2. The third-order valence-electron chi connectivity index (χ3n) is 3.63. The van der Waals surface area contributed by atoms with Crippen molar-refractivity contribution in [3.8, 4) is 0 Å². The molecule has 0 aliphatic heterocycles. The van der Waals surface area contributed by atoms with Gasteiger partial charge in [0.05, 0.1) is 0 Å². The minimum absolute atomic E-state index is 0.274. The maximum absolute atomic E-state index is 12.2. The second-order valence-corrected chi connectivity index (χ2v) is 10.8. The Bertz CT molecular complexity index is 613. The van der Waals surface area contributed by atoms with Crippen molar-refractivity contribution in [2.24, 2.45) is 0 Å². The van der Waals surface area contributed by atoms with Crippen LogP contribution < -0.4 is 0 Å². The monoisotopic (exact) mass is 346 g/mol. The lowest BCUT2D eigenvalue weighted by molar-refractivity contribution is -0.138. The molecule has 1 aromatic rings. The van der Waals surface area contributed by atoms with Crippen LogP contribution in [0.15, 0.2) is 54.6 Å². The fourth-order valence-electron chi connectivity index (χ4n) is 2.00. The summed E-state index contributed by atoms with van der Waals surface area (Å²) in [7, 11) is -3.31. The number of hydrogen-bond acceptors (Lipinski definition) is 4. The molecule has 0 bridgehead atoms. The third kappa shape index (κ3) is 4.93. The molecule has 0 saturated heterocycles. The second-order valence-electron chi connectivity index (χ2n) is 7.00. The predicted octanol–water partition coefficient (Wildman–Crippen LogP) is 4.25. The Morgan fingerprint density at radius 3 is 1.71 bits per heavy atom. The van der Waals surface area contributed by atoms with E-state index >= 15 is 0 Å². The predicted molar refractivity (Wildman–Crippen MR) is 97.4 cm³/mol. The number of carbonyl (C=O) groups is 2. The average molecular weight is 346 g/mol. The first-order chi connectivity index (χ1) is 11.0. The van der Waals surface area contributed by atoms with Gasteiger partial charge in [0.25, 0.3) is 0 Å². The van der Waals surface area contributed by atoms with Gasteiger partial charge in [-0.05, 0) is 19.4 Å². The van der Waals surface area contributed by atoms with Gasteiger partial charge < -0.3 is 8.85 Å². The molecule has 0 radical (unpaired) electrons. The van der Waals surface area contributed by atoms with Crippen LogP contribution in [0.3, 0.4) is 0 Å². The molecular formula is C19H26O4Si. The van der Waals surface area contributed by atoms with Gasteiger partial charge in [-0.3, -0.25) is 0 Å². The summed E-state index contributed by atoms with van der Waals surface area (Å²) in [6, 6.07) is 9.93. The maximum Gasteiger partial charge on any atom is 0.474 e. The highest BCUT2D eigenvalue weighted by molar-refractivity contribution is 6.73. The molecule has 0 aliphatic rings. The molecule has 4 nitrogen and oxygen atoms in total. The lowest BCUT2D eigenvalue weighted by Crippen LogP contribution is -2.55. The number of carbonyl (C=O) groups excluding carboxylic acids is 2. The van der Waals surface area contributed by atoms with E-state index in [1.54, 1.807) is 13.8 Å². The Labute approximate surface area is 145 Å². The van der Waals surface area contributed by atoms with E-state index in [0.717, 1.165) is 5.56 Å². The van der Waals surface area contributed by atoms with Gasteiger partial charge in [-0.1, -0.05) is 64.3 Å². The van der Waals surface area contributed by atoms with Gasteiger partial charge in [0.2, 0.25) is 0 Å². The Morgan fingerprint density at radius 1 is 0.958 bits per heavy atom. The van der Waals surface area contributed by atoms with Crippen LogP contribution in [0.2, 0.25) is 5.04 Å². The molecule has 0 amide bonds. The van der Waals surface area contributed by atoms with Crippen molar-refractivity contribution < 1.29 is 18.4 Å². The summed E-state index contributed by atoms with van der Waals surface area (Å²) < 4.78 is 11.6. The highest BCUT2D eigenvalue weighted by atomic mass is 28.4. The van der Waals surface area contributed by atoms with E-state index in [1.807, 2.05) is 51.1 Å². The molecule has 0 aliphatic carbocycles. The molecule has 0 spiro atoms. The van der Waals surface area contributed by atoms with Crippen molar-refractivity contribution in [3.63, 3.8) is 0 Å². The quantitative estimate of drug-likeness (QED) is 0.571. The molecule has 0 N–H and O–H groups in total. The largest absolute Gasteiger partial charge is 0.481 e. The van der Waals surface area contributed by atoms with Crippen LogP contribution in [0.25, 0.3) is 0 Å². The zero-order chi connectivity index (χ0) is 18.5. The maximum atomic E-state index is 12.2. The van der Waals surface area contributed by atoms with E-state index in [-0.39, 0.29) is 11.1 Å². The second kappa shape index (κ2) is 7.62. The molecule has 0 fully saturated rings. The van der Waals surface area contributed by atoms with E-state index in [9.17, 15) is 9.59 Å². The first kappa shape index (κ1) is 19.9. The zero-order valence-corrected chi connectivity index (χ0v) is 16.1. The molecule has 0 unspecified atom stereocenters. The molecule has 1 aromatic carbocycles. The highest BCUT2D eigenvalue weighted by Gasteiger charge is 2.56. The average Bonchev–Trinajstić information content (AvgIpc) is 2.46. The number of rotatable bonds is 6. The van der Waals surface area contributed by atoms with Crippen molar-refractivity contribution in [3.05, 3.63) is 60.2 Å². The fourth-order valence-corrected chi connectivity index (χ4v) is 5.05. The number of hydrogen-bond donors (Lipinski definition) is 0. The summed E-state index contributed by atoms with van der Waals surface area (Å²) in [5.41, 5.74) is 1.49. The Morgan fingerprint density at radius 2 is 1.38 bits per heavy atom. The van der Waals surface area contributed by atoms with Gasteiger partial charge >= 0.3 is 20.5 Å². The molecule has 0 aromatic heterocycles. The van der Waals surface area contributed by atoms with Crippen molar-refractivity contribution >= 4 is 20.5 Å². The summed E-state index contributed by atoms with van der Waals surface area (Å²) in [5.74, 6) is -1.08. The molecule has 0 saturated carbocycles. The summed E-state index contributed by atoms with van der Waals surface area (Å²) in [4.78, 5) is 24.5. The first-order valence-corrected chi connectivity index (χ1v) is 9.82. The van der Waals surface area contributed by atoms with E-state index in [1.165, 1.54) is 0 Å². The van der Waals surface area contributed by atoms with Gasteiger partial charge in [0, 0.05) is 22.2 Å². The van der Waals surface area contributed by atoms with Crippen molar-refractivity contribution in [2.45, 2.75) is 45.7 Å². The molecule has 0 atom stereocenters. The Kier molecular flexibility index (Phi) is 6.32. The van der Waals surface area contributed by atoms with Crippen molar-refractivity contribution in [1.29, 1.82) is 0 Å². The molecular weight excluding hydrogens is 320 g/mol. The smallest absolute Gasteiger partial charge is 0.474 e. The van der Waals surface area contributed by atoms with Gasteiger partial charge in [-0.2, -0.15) is 0 Å². The normalized spacial score (nSPS) is 11.5. The number of benzene rings is 1. The van der Waals surface area contributed by atoms with Gasteiger partial charge in [-0.15, -0.1) is 0 Å². The SMILES string of the molecule is C=C(C)C(=O)O[Si](Cc1ccccc1)(OC(=O)C(=C)C)C(C)(C)C. The fraction of sp³-hybridized carbons (Fsp3) is 0.368. The van der Waals surface area contributed by atoms with E-state index < -0.39 is 25.5 Å². The Balaban J connectivity index is 3.36. The standard InChI is InChI=1S/C19H26O4Si/c1-14(2)17(20)22-24(19(5,6)7,23-18(21)15(3)4)13-16-11-9-8-10-12-16/h8-12H,1,3,13H2,2,4-7H3. The molecule has 1 rings (SSSR count). The molecule has 130 valence electrons. The van der Waals surface area contributed by atoms with Gasteiger partial charge in [0.15, 0.2) is 0 Å². The van der Waals surface area contributed by atoms with E-state index in [4.69, 9.17) is 8.85 Å². The minimum Gasteiger partial charge on any atom is -0.481 e. The minimum atomic E-state index is -3.31. The zero-order valence-electron chi connectivity index (χ0n) is 15.1. The van der Waals surface area contributed by atoms with Crippen LogP contribution in [-0.4, -0.2) is 20.5 Å². The van der Waals surface area contributed by atoms with Crippen LogP contribution in [0.5, 0.6) is 0 Å². The molecule has 5 heteroatoms.